The standard InChI is InChI=1S/C25H23N2/c1-16-14-21-20(18-9-7-13-26-24(18)25(21,2)3)15-19(16)23-12-11-17-8-5-6-10-22(17)27(23)4/h5-15H,1-4H3/q+1/i2D3,3D3. The third-order valence-corrected chi connectivity index (χ3v) is 5.58. The van der Waals surface area contributed by atoms with Crippen LogP contribution in [0.15, 0.2) is 66.9 Å². The van der Waals surface area contributed by atoms with E-state index in [9.17, 15) is 0 Å². The van der Waals surface area contributed by atoms with Gasteiger partial charge in [0.15, 0.2) is 0 Å². The Hall–Kier alpha value is -3.00. The molecule has 0 fully saturated rings. The van der Waals surface area contributed by atoms with E-state index in [0.29, 0.717) is 16.7 Å². The monoisotopic (exact) mass is 357 g/mol. The van der Waals surface area contributed by atoms with Gasteiger partial charge in [-0.05, 0) is 47.9 Å². The van der Waals surface area contributed by atoms with Crippen molar-refractivity contribution in [2.75, 3.05) is 0 Å². The first-order chi connectivity index (χ1) is 15.5. The Morgan fingerprint density at radius 2 is 1.78 bits per heavy atom. The molecule has 0 atom stereocenters. The number of aromatic nitrogens is 2. The fraction of sp³-hybridized carbons (Fsp3) is 0.200. The van der Waals surface area contributed by atoms with Crippen molar-refractivity contribution in [3.63, 3.8) is 0 Å². The number of benzene rings is 2. The fourth-order valence-electron chi connectivity index (χ4n) is 4.18. The van der Waals surface area contributed by atoms with Crippen LogP contribution in [0.4, 0.5) is 0 Å². The molecule has 2 heterocycles. The van der Waals surface area contributed by atoms with Crippen molar-refractivity contribution < 1.29 is 12.8 Å². The average Bonchev–Trinajstić information content (AvgIpc) is 3.04. The van der Waals surface area contributed by atoms with E-state index < -0.39 is 19.1 Å². The highest BCUT2D eigenvalue weighted by molar-refractivity contribution is 5.84. The van der Waals surface area contributed by atoms with Gasteiger partial charge in [0, 0.05) is 48.5 Å². The van der Waals surface area contributed by atoms with Crippen LogP contribution in [0.3, 0.4) is 0 Å². The number of rotatable bonds is 1. The number of fused-ring (bicyclic) bond motifs is 4. The molecule has 0 bridgehead atoms. The number of aryl methyl sites for hydroxylation is 2. The highest BCUT2D eigenvalue weighted by Gasteiger charge is 2.37. The maximum Gasteiger partial charge on any atom is 0.213 e. The summed E-state index contributed by atoms with van der Waals surface area (Å²) in [7, 11) is 2.00. The van der Waals surface area contributed by atoms with Crippen LogP contribution in [0.5, 0.6) is 0 Å². The Kier molecular flexibility index (Phi) is 2.24. The predicted molar refractivity (Wildman–Crippen MR) is 111 cm³/mol. The minimum Gasteiger partial charge on any atom is -0.260 e. The van der Waals surface area contributed by atoms with E-state index in [0.717, 1.165) is 27.7 Å². The normalized spacial score (nSPS) is 18.4. The molecule has 0 unspecified atom stereocenters. The van der Waals surface area contributed by atoms with Crippen LogP contribution in [0.2, 0.25) is 0 Å². The van der Waals surface area contributed by atoms with Gasteiger partial charge in [-0.15, -0.1) is 0 Å². The summed E-state index contributed by atoms with van der Waals surface area (Å²) in [4.78, 5) is 4.33. The number of hydrogen-bond donors (Lipinski definition) is 0. The van der Waals surface area contributed by atoms with E-state index in [4.69, 9.17) is 8.22 Å². The van der Waals surface area contributed by atoms with Crippen LogP contribution in [0.25, 0.3) is 33.3 Å². The number of hydrogen-bond acceptors (Lipinski definition) is 1. The minimum absolute atomic E-state index is 0.0967. The van der Waals surface area contributed by atoms with Crippen molar-refractivity contribution in [3.8, 4) is 22.4 Å². The Bertz CT molecular complexity index is 1410. The van der Waals surface area contributed by atoms with Gasteiger partial charge in [0.2, 0.25) is 11.2 Å². The van der Waals surface area contributed by atoms with Crippen LogP contribution < -0.4 is 4.57 Å². The molecular weight excluding hydrogens is 328 g/mol. The Morgan fingerprint density at radius 3 is 2.63 bits per heavy atom. The summed E-state index contributed by atoms with van der Waals surface area (Å²) in [5, 5.41) is 1.11. The molecule has 5 rings (SSSR count). The lowest BCUT2D eigenvalue weighted by atomic mass is 9.83. The number of nitrogens with zero attached hydrogens (tertiary/aromatic N) is 2. The van der Waals surface area contributed by atoms with Crippen molar-refractivity contribution in [2.24, 2.45) is 7.05 Å². The van der Waals surface area contributed by atoms with Gasteiger partial charge < -0.3 is 0 Å². The molecule has 1 aliphatic carbocycles. The third kappa shape index (κ3) is 2.19. The van der Waals surface area contributed by atoms with E-state index in [-0.39, 0.29) is 5.69 Å². The molecule has 0 saturated carbocycles. The molecule has 0 aliphatic heterocycles. The Balaban J connectivity index is 1.86. The second-order valence-electron chi connectivity index (χ2n) is 7.20. The SMILES string of the molecule is [2H]C([2H])([2H])C1(C([2H])([2H])[2H])c2cc(C)c(-c3ccc4ccccc4[n+]3C)cc2-c2cccnc21. The van der Waals surface area contributed by atoms with Gasteiger partial charge in [-0.2, -0.15) is 4.57 Å². The van der Waals surface area contributed by atoms with E-state index in [1.165, 1.54) is 6.20 Å². The predicted octanol–water partition coefficient (Wildman–Crippen LogP) is 5.34. The van der Waals surface area contributed by atoms with Crippen LogP contribution in [-0.4, -0.2) is 4.98 Å². The molecule has 2 nitrogen and oxygen atoms in total. The van der Waals surface area contributed by atoms with Crippen molar-refractivity contribution in [1.82, 2.24) is 4.98 Å². The molecule has 0 spiro atoms. The first-order valence-corrected chi connectivity index (χ1v) is 8.97. The van der Waals surface area contributed by atoms with Crippen molar-refractivity contribution in [2.45, 2.75) is 26.0 Å². The van der Waals surface area contributed by atoms with Gasteiger partial charge >= 0.3 is 0 Å². The number of para-hydroxylation sites is 1. The maximum absolute atomic E-state index is 8.34. The molecule has 1 aliphatic rings. The Labute approximate surface area is 168 Å². The summed E-state index contributed by atoms with van der Waals surface area (Å²) in [6, 6.07) is 19.3. The zero-order chi connectivity index (χ0) is 23.8. The largest absolute Gasteiger partial charge is 0.260 e. The fourth-order valence-corrected chi connectivity index (χ4v) is 4.18. The molecule has 132 valence electrons. The lowest BCUT2D eigenvalue weighted by Crippen LogP contribution is -2.32. The second kappa shape index (κ2) is 5.50. The van der Waals surface area contributed by atoms with Gasteiger partial charge in [0.1, 0.15) is 7.05 Å². The van der Waals surface area contributed by atoms with Crippen molar-refractivity contribution >= 4 is 10.9 Å². The zero-order valence-corrected chi connectivity index (χ0v) is 15.2. The molecule has 27 heavy (non-hydrogen) atoms. The summed E-state index contributed by atoms with van der Waals surface area (Å²) in [6.45, 7) is -3.73. The smallest absolute Gasteiger partial charge is 0.213 e. The molecule has 2 aromatic carbocycles. The van der Waals surface area contributed by atoms with Crippen LogP contribution >= 0.6 is 0 Å². The molecule has 4 aromatic rings. The topological polar surface area (TPSA) is 16.8 Å². The lowest BCUT2D eigenvalue weighted by molar-refractivity contribution is -0.633. The van der Waals surface area contributed by atoms with E-state index >= 15 is 0 Å². The molecule has 2 heteroatoms. The molecule has 0 amide bonds. The molecule has 2 aromatic heterocycles. The van der Waals surface area contributed by atoms with Crippen LogP contribution in [0.1, 0.15) is 38.7 Å². The van der Waals surface area contributed by atoms with Gasteiger partial charge in [-0.25, -0.2) is 0 Å². The van der Waals surface area contributed by atoms with Crippen LogP contribution in [0, 0.1) is 6.92 Å². The van der Waals surface area contributed by atoms with Crippen molar-refractivity contribution in [3.05, 3.63) is 83.7 Å². The van der Waals surface area contributed by atoms with Gasteiger partial charge in [-0.1, -0.05) is 38.0 Å². The quantitative estimate of drug-likeness (QED) is 0.420. The van der Waals surface area contributed by atoms with Gasteiger partial charge in [0.05, 0.1) is 5.69 Å². The zero-order valence-electron chi connectivity index (χ0n) is 21.2. The average molecular weight is 358 g/mol. The minimum atomic E-state index is -2.81. The van der Waals surface area contributed by atoms with Crippen LogP contribution in [-0.2, 0) is 12.5 Å². The number of pyridine rings is 2. The molecule has 0 N–H and O–H groups in total. The van der Waals surface area contributed by atoms with E-state index in [2.05, 4.69) is 27.8 Å². The van der Waals surface area contributed by atoms with E-state index in [1.54, 1.807) is 18.2 Å². The highest BCUT2D eigenvalue weighted by atomic mass is 14.9. The first-order valence-electron chi connectivity index (χ1n) is 12.0. The van der Waals surface area contributed by atoms with E-state index in [1.807, 2.05) is 38.2 Å². The lowest BCUT2D eigenvalue weighted by Gasteiger charge is -2.21. The summed E-state index contributed by atoms with van der Waals surface area (Å²) in [5.74, 6) is 0. The summed E-state index contributed by atoms with van der Waals surface area (Å²) >= 11 is 0. The maximum atomic E-state index is 8.34. The Morgan fingerprint density at radius 1 is 0.926 bits per heavy atom. The highest BCUT2D eigenvalue weighted by Crippen LogP contribution is 2.49. The van der Waals surface area contributed by atoms with Gasteiger partial charge in [-0.3, -0.25) is 4.98 Å². The summed E-state index contributed by atoms with van der Waals surface area (Å²) in [6.07, 6.45) is 1.47. The first kappa shape index (κ1) is 11.0. The molecule has 0 saturated heterocycles. The van der Waals surface area contributed by atoms with Crippen molar-refractivity contribution in [1.29, 1.82) is 0 Å². The summed E-state index contributed by atoms with van der Waals surface area (Å²) < 4.78 is 52.1. The molecular formula is C25H23N2+. The summed E-state index contributed by atoms with van der Waals surface area (Å²) in [5.41, 5.74) is 3.13. The molecule has 0 radical (unpaired) electrons. The third-order valence-electron chi connectivity index (χ3n) is 5.58. The second-order valence-corrected chi connectivity index (χ2v) is 7.20. The van der Waals surface area contributed by atoms with Gasteiger partial charge in [0.25, 0.3) is 0 Å².